The van der Waals surface area contributed by atoms with Gasteiger partial charge in [0.2, 0.25) is 0 Å². The fourth-order valence-corrected chi connectivity index (χ4v) is 2.83. The van der Waals surface area contributed by atoms with Crippen LogP contribution in [-0.4, -0.2) is 19.1 Å². The molecule has 0 radical (unpaired) electrons. The van der Waals surface area contributed by atoms with Crippen molar-refractivity contribution in [3.8, 4) is 11.5 Å². The first kappa shape index (κ1) is 18.5. The summed E-state index contributed by atoms with van der Waals surface area (Å²) in [5.74, 6) is 0.436. The zero-order chi connectivity index (χ0) is 17.5. The molecule has 0 spiro atoms. The monoisotopic (exact) mass is 443 g/mol. The van der Waals surface area contributed by atoms with Gasteiger partial charge in [-0.25, -0.2) is 4.39 Å². The van der Waals surface area contributed by atoms with E-state index in [1.807, 2.05) is 13.8 Å². The Morgan fingerprint density at radius 1 is 1.21 bits per heavy atom. The van der Waals surface area contributed by atoms with Gasteiger partial charge in [0.15, 0.2) is 11.5 Å². The molecule has 128 valence electrons. The van der Waals surface area contributed by atoms with Crippen molar-refractivity contribution in [2.45, 2.75) is 20.3 Å². The summed E-state index contributed by atoms with van der Waals surface area (Å²) in [5, 5.41) is 2.68. The largest absolute Gasteiger partial charge is 0.490 e. The first-order valence-electron chi connectivity index (χ1n) is 7.71. The van der Waals surface area contributed by atoms with Crippen molar-refractivity contribution >= 4 is 34.2 Å². The van der Waals surface area contributed by atoms with E-state index in [1.54, 1.807) is 24.3 Å². The SMILES string of the molecule is CCCOc1c(I)cc(C(=O)Nc2cccc(F)c2)cc1OCC. The van der Waals surface area contributed by atoms with Crippen LogP contribution in [0.2, 0.25) is 0 Å². The minimum Gasteiger partial charge on any atom is -0.490 e. The van der Waals surface area contributed by atoms with Crippen LogP contribution in [0.1, 0.15) is 30.6 Å². The lowest BCUT2D eigenvalue weighted by atomic mass is 10.1. The van der Waals surface area contributed by atoms with Crippen LogP contribution in [-0.2, 0) is 0 Å². The second-order valence-corrected chi connectivity index (χ2v) is 6.19. The number of rotatable bonds is 7. The highest BCUT2D eigenvalue weighted by Crippen LogP contribution is 2.34. The molecule has 0 unspecified atom stereocenters. The third kappa shape index (κ3) is 4.83. The summed E-state index contributed by atoms with van der Waals surface area (Å²) in [6.45, 7) is 4.93. The van der Waals surface area contributed by atoms with E-state index in [1.165, 1.54) is 12.1 Å². The van der Waals surface area contributed by atoms with E-state index in [2.05, 4.69) is 27.9 Å². The number of carbonyl (C=O) groups excluding carboxylic acids is 1. The molecule has 0 heterocycles. The lowest BCUT2D eigenvalue weighted by Crippen LogP contribution is -2.13. The van der Waals surface area contributed by atoms with Gasteiger partial charge in [-0.05, 0) is 66.3 Å². The van der Waals surface area contributed by atoms with Gasteiger partial charge in [-0.15, -0.1) is 0 Å². The molecule has 1 N–H and O–H groups in total. The van der Waals surface area contributed by atoms with Crippen LogP contribution >= 0.6 is 22.6 Å². The third-order valence-electron chi connectivity index (χ3n) is 3.10. The van der Waals surface area contributed by atoms with Gasteiger partial charge in [0.25, 0.3) is 5.91 Å². The summed E-state index contributed by atoms with van der Waals surface area (Å²) in [7, 11) is 0. The highest BCUT2D eigenvalue weighted by Gasteiger charge is 2.16. The van der Waals surface area contributed by atoms with Crippen molar-refractivity contribution in [3.05, 3.63) is 51.3 Å². The predicted octanol–water partition coefficient (Wildman–Crippen LogP) is 4.87. The van der Waals surface area contributed by atoms with Crippen molar-refractivity contribution in [2.24, 2.45) is 0 Å². The minimum absolute atomic E-state index is 0.332. The lowest BCUT2D eigenvalue weighted by Gasteiger charge is -2.15. The summed E-state index contributed by atoms with van der Waals surface area (Å²) >= 11 is 2.12. The summed E-state index contributed by atoms with van der Waals surface area (Å²) in [4.78, 5) is 12.4. The second-order valence-electron chi connectivity index (χ2n) is 5.03. The Morgan fingerprint density at radius 2 is 2.00 bits per heavy atom. The number of benzene rings is 2. The van der Waals surface area contributed by atoms with Gasteiger partial charge >= 0.3 is 0 Å². The molecule has 0 fully saturated rings. The van der Waals surface area contributed by atoms with E-state index in [4.69, 9.17) is 9.47 Å². The summed E-state index contributed by atoms with van der Waals surface area (Å²) in [6.07, 6.45) is 0.878. The van der Waals surface area contributed by atoms with Crippen molar-refractivity contribution in [2.75, 3.05) is 18.5 Å². The van der Waals surface area contributed by atoms with E-state index in [0.29, 0.717) is 36.0 Å². The number of halogens is 2. The van der Waals surface area contributed by atoms with Gasteiger partial charge in [0, 0.05) is 11.3 Å². The normalized spacial score (nSPS) is 10.3. The van der Waals surface area contributed by atoms with Gasteiger partial charge in [0.05, 0.1) is 16.8 Å². The van der Waals surface area contributed by atoms with Gasteiger partial charge in [0.1, 0.15) is 5.82 Å². The quantitative estimate of drug-likeness (QED) is 0.622. The van der Waals surface area contributed by atoms with Crippen molar-refractivity contribution < 1.29 is 18.7 Å². The molecular formula is C18H19FINO3. The van der Waals surface area contributed by atoms with Crippen LogP contribution in [0.15, 0.2) is 36.4 Å². The van der Waals surface area contributed by atoms with E-state index >= 15 is 0 Å². The Balaban J connectivity index is 2.27. The van der Waals surface area contributed by atoms with Crippen LogP contribution < -0.4 is 14.8 Å². The average molecular weight is 443 g/mol. The average Bonchev–Trinajstić information content (AvgIpc) is 2.54. The summed E-state index contributed by atoms with van der Waals surface area (Å²) in [6, 6.07) is 9.14. The van der Waals surface area contributed by atoms with Crippen LogP contribution in [0.5, 0.6) is 11.5 Å². The van der Waals surface area contributed by atoms with Crippen LogP contribution in [0.4, 0.5) is 10.1 Å². The molecule has 0 aliphatic carbocycles. The van der Waals surface area contributed by atoms with Crippen LogP contribution in [0.25, 0.3) is 0 Å². The highest BCUT2D eigenvalue weighted by molar-refractivity contribution is 14.1. The molecule has 0 atom stereocenters. The smallest absolute Gasteiger partial charge is 0.255 e. The maximum absolute atomic E-state index is 13.2. The molecular weight excluding hydrogens is 424 g/mol. The fraction of sp³-hybridized carbons (Fsp3) is 0.278. The topological polar surface area (TPSA) is 47.6 Å². The Labute approximate surface area is 154 Å². The molecule has 24 heavy (non-hydrogen) atoms. The highest BCUT2D eigenvalue weighted by atomic mass is 127. The van der Waals surface area contributed by atoms with Crippen molar-refractivity contribution in [1.82, 2.24) is 0 Å². The number of hydrogen-bond acceptors (Lipinski definition) is 3. The molecule has 6 heteroatoms. The Hall–Kier alpha value is -1.83. The maximum atomic E-state index is 13.2. The molecule has 0 bridgehead atoms. The Kier molecular flexibility index (Phi) is 6.84. The molecule has 0 saturated carbocycles. The number of ether oxygens (including phenoxy) is 2. The number of anilines is 1. The molecule has 0 saturated heterocycles. The minimum atomic E-state index is -0.402. The second kappa shape index (κ2) is 8.86. The van der Waals surface area contributed by atoms with E-state index < -0.39 is 5.82 Å². The molecule has 2 rings (SSSR count). The predicted molar refractivity (Wildman–Crippen MR) is 100 cm³/mol. The molecule has 4 nitrogen and oxygen atoms in total. The summed E-state index contributed by atoms with van der Waals surface area (Å²) in [5.41, 5.74) is 0.829. The number of hydrogen-bond donors (Lipinski definition) is 1. The molecule has 0 aliphatic heterocycles. The molecule has 2 aromatic rings. The first-order chi connectivity index (χ1) is 11.5. The van der Waals surface area contributed by atoms with Gasteiger partial charge in [-0.1, -0.05) is 13.0 Å². The van der Waals surface area contributed by atoms with Gasteiger partial charge < -0.3 is 14.8 Å². The maximum Gasteiger partial charge on any atom is 0.255 e. The van der Waals surface area contributed by atoms with Gasteiger partial charge in [-0.2, -0.15) is 0 Å². The zero-order valence-corrected chi connectivity index (χ0v) is 15.7. The van der Waals surface area contributed by atoms with E-state index in [9.17, 15) is 9.18 Å². The van der Waals surface area contributed by atoms with E-state index in [0.717, 1.165) is 9.99 Å². The first-order valence-corrected chi connectivity index (χ1v) is 8.79. The van der Waals surface area contributed by atoms with E-state index in [-0.39, 0.29) is 5.91 Å². The molecule has 2 aromatic carbocycles. The van der Waals surface area contributed by atoms with Crippen LogP contribution in [0, 0.1) is 9.39 Å². The lowest BCUT2D eigenvalue weighted by molar-refractivity contribution is 0.102. The van der Waals surface area contributed by atoms with Gasteiger partial charge in [-0.3, -0.25) is 4.79 Å². The van der Waals surface area contributed by atoms with Crippen LogP contribution in [0.3, 0.4) is 0 Å². The molecule has 0 aliphatic rings. The van der Waals surface area contributed by atoms with Crippen molar-refractivity contribution in [1.29, 1.82) is 0 Å². The number of nitrogens with one attached hydrogen (secondary N) is 1. The third-order valence-corrected chi connectivity index (χ3v) is 3.91. The summed E-state index contributed by atoms with van der Waals surface area (Å²) < 4.78 is 25.3. The van der Waals surface area contributed by atoms with Crippen molar-refractivity contribution in [3.63, 3.8) is 0 Å². The standard InChI is InChI=1S/C18H19FINO3/c1-3-8-24-17-15(20)9-12(10-16(17)23-4-2)18(22)21-14-7-5-6-13(19)11-14/h5-7,9-11H,3-4,8H2,1-2H3,(H,21,22). The Bertz CT molecular complexity index is 721. The zero-order valence-electron chi connectivity index (χ0n) is 13.6. The molecule has 1 amide bonds. The molecule has 0 aromatic heterocycles. The number of amides is 1. The number of carbonyl (C=O) groups is 1. The fourth-order valence-electron chi connectivity index (χ4n) is 2.08. The Morgan fingerprint density at radius 3 is 2.67 bits per heavy atom.